The van der Waals surface area contributed by atoms with E-state index in [0.717, 1.165) is 16.8 Å². The predicted molar refractivity (Wildman–Crippen MR) is 138 cm³/mol. The van der Waals surface area contributed by atoms with Crippen LogP contribution < -0.4 is 10.6 Å². The molecule has 8 nitrogen and oxygen atoms in total. The number of imidazole rings is 1. The highest BCUT2D eigenvalue weighted by Crippen LogP contribution is 2.23. The number of ketones is 1. The second kappa shape index (κ2) is 10.5. The topological polar surface area (TPSA) is 117 Å². The van der Waals surface area contributed by atoms with Crippen LogP contribution in [0.3, 0.4) is 0 Å². The average Bonchev–Trinajstić information content (AvgIpc) is 3.31. The Bertz CT molecular complexity index is 1430. The number of nitrogens with zero attached hydrogens (tertiary/aromatic N) is 5. The highest BCUT2D eigenvalue weighted by Gasteiger charge is 2.18. The number of anilines is 1. The summed E-state index contributed by atoms with van der Waals surface area (Å²) in [5.74, 6) is 0.107. The summed E-state index contributed by atoms with van der Waals surface area (Å²) in [6.45, 7) is 4.03. The lowest BCUT2D eigenvalue weighted by Gasteiger charge is -2.17. The van der Waals surface area contributed by atoms with Gasteiger partial charge < -0.3 is 10.6 Å². The molecule has 0 radical (unpaired) electrons. The Morgan fingerprint density at radius 3 is 2.39 bits per heavy atom. The zero-order valence-electron chi connectivity index (χ0n) is 20.5. The van der Waals surface area contributed by atoms with Crippen LogP contribution >= 0.6 is 0 Å². The zero-order valence-corrected chi connectivity index (χ0v) is 20.5. The fourth-order valence-corrected chi connectivity index (χ4v) is 3.85. The lowest BCUT2D eigenvalue weighted by molar-refractivity contribution is -0.118. The number of hydrogen-bond acceptors (Lipinski definition) is 6. The van der Waals surface area contributed by atoms with E-state index in [9.17, 15) is 9.59 Å². The van der Waals surface area contributed by atoms with Crippen molar-refractivity contribution >= 4 is 23.0 Å². The molecular formula is C28H28N6O2. The third kappa shape index (κ3) is 5.32. The van der Waals surface area contributed by atoms with Crippen LogP contribution in [0.15, 0.2) is 67.1 Å². The minimum Gasteiger partial charge on any atom is -0.327 e. The number of nitrogens with two attached hydrogens (primary N) is 1. The van der Waals surface area contributed by atoms with Gasteiger partial charge in [0.1, 0.15) is 11.5 Å². The van der Waals surface area contributed by atoms with Gasteiger partial charge in [-0.3, -0.25) is 14.0 Å². The standard InChI is InChI=1S/C28H28N6O2/c1-18(2)24(30)13-23(35)12-19-4-8-21(9-5-19)26-15-32-27-16-31-25(17-34(26)27)28(36)33(3)22-10-6-20(14-29)7-11-22/h4-11,15-18,24H,12-13,30H2,1-3H3/t24-/m0/s1. The van der Waals surface area contributed by atoms with Crippen molar-refractivity contribution < 1.29 is 9.59 Å². The fraction of sp³-hybridized carbons (Fsp3) is 0.250. The molecule has 2 aromatic heterocycles. The van der Waals surface area contributed by atoms with Crippen molar-refractivity contribution in [2.45, 2.75) is 32.7 Å². The average molecular weight is 481 g/mol. The first kappa shape index (κ1) is 24.8. The van der Waals surface area contributed by atoms with Crippen LogP contribution in [-0.2, 0) is 11.2 Å². The van der Waals surface area contributed by atoms with Crippen molar-refractivity contribution in [2.24, 2.45) is 11.7 Å². The molecule has 0 aliphatic carbocycles. The van der Waals surface area contributed by atoms with Gasteiger partial charge in [0.15, 0.2) is 5.65 Å². The highest BCUT2D eigenvalue weighted by molar-refractivity contribution is 6.04. The van der Waals surface area contributed by atoms with Crippen LogP contribution in [-0.4, -0.2) is 39.1 Å². The lowest BCUT2D eigenvalue weighted by atomic mass is 9.96. The van der Waals surface area contributed by atoms with Crippen molar-refractivity contribution in [3.05, 3.63) is 83.9 Å². The van der Waals surface area contributed by atoms with Crippen molar-refractivity contribution in [1.29, 1.82) is 5.26 Å². The molecule has 2 heterocycles. The van der Waals surface area contributed by atoms with Crippen molar-refractivity contribution in [2.75, 3.05) is 11.9 Å². The summed E-state index contributed by atoms with van der Waals surface area (Å²) in [5.41, 5.74) is 10.7. The van der Waals surface area contributed by atoms with E-state index in [1.165, 1.54) is 4.90 Å². The maximum absolute atomic E-state index is 13.1. The Morgan fingerprint density at radius 2 is 1.75 bits per heavy atom. The third-order valence-corrected chi connectivity index (χ3v) is 6.27. The maximum atomic E-state index is 13.1. The molecule has 0 saturated heterocycles. The Morgan fingerprint density at radius 1 is 1.06 bits per heavy atom. The molecule has 0 saturated carbocycles. The molecule has 8 heteroatoms. The maximum Gasteiger partial charge on any atom is 0.278 e. The Balaban J connectivity index is 1.54. The van der Waals surface area contributed by atoms with Crippen LogP contribution in [0.4, 0.5) is 5.69 Å². The van der Waals surface area contributed by atoms with Gasteiger partial charge in [-0.05, 0) is 35.7 Å². The molecule has 0 fully saturated rings. The summed E-state index contributed by atoms with van der Waals surface area (Å²) in [5, 5.41) is 8.99. The second-order valence-electron chi connectivity index (χ2n) is 9.19. The van der Waals surface area contributed by atoms with E-state index in [1.54, 1.807) is 49.9 Å². The van der Waals surface area contributed by atoms with Gasteiger partial charge in [-0.25, -0.2) is 9.97 Å². The number of carbonyl (C=O) groups excluding carboxylic acids is 2. The van der Waals surface area contributed by atoms with Crippen molar-refractivity contribution in [3.8, 4) is 17.3 Å². The summed E-state index contributed by atoms with van der Waals surface area (Å²) >= 11 is 0. The molecule has 2 N–H and O–H groups in total. The molecular weight excluding hydrogens is 452 g/mol. The Kier molecular flexibility index (Phi) is 7.23. The van der Waals surface area contributed by atoms with Gasteiger partial charge in [0.2, 0.25) is 0 Å². The van der Waals surface area contributed by atoms with E-state index in [-0.39, 0.29) is 29.3 Å². The van der Waals surface area contributed by atoms with E-state index in [0.29, 0.717) is 29.7 Å². The van der Waals surface area contributed by atoms with Gasteiger partial charge in [-0.1, -0.05) is 38.1 Å². The predicted octanol–water partition coefficient (Wildman–Crippen LogP) is 4.03. The summed E-state index contributed by atoms with van der Waals surface area (Å²) in [6.07, 6.45) is 5.68. The van der Waals surface area contributed by atoms with Crippen LogP contribution in [0.25, 0.3) is 16.9 Å². The number of benzene rings is 2. The molecule has 36 heavy (non-hydrogen) atoms. The summed E-state index contributed by atoms with van der Waals surface area (Å²) in [7, 11) is 1.67. The molecule has 182 valence electrons. The monoisotopic (exact) mass is 480 g/mol. The number of aromatic nitrogens is 3. The summed E-state index contributed by atoms with van der Waals surface area (Å²) in [6, 6.07) is 16.5. The largest absolute Gasteiger partial charge is 0.327 e. The molecule has 4 aromatic rings. The van der Waals surface area contributed by atoms with Crippen LogP contribution in [0, 0.1) is 17.2 Å². The van der Waals surface area contributed by atoms with Gasteiger partial charge >= 0.3 is 0 Å². The first-order valence-corrected chi connectivity index (χ1v) is 11.7. The van der Waals surface area contributed by atoms with Crippen LogP contribution in [0.2, 0.25) is 0 Å². The summed E-state index contributed by atoms with van der Waals surface area (Å²) in [4.78, 5) is 35.7. The number of amides is 1. The molecule has 0 aliphatic rings. The zero-order chi connectivity index (χ0) is 25.8. The van der Waals surface area contributed by atoms with E-state index in [4.69, 9.17) is 11.0 Å². The Labute approximate surface area is 210 Å². The Hall–Kier alpha value is -4.35. The molecule has 0 unspecified atom stereocenters. The smallest absolute Gasteiger partial charge is 0.278 e. The minimum absolute atomic E-state index is 0.124. The number of fused-ring (bicyclic) bond motifs is 1. The molecule has 2 aromatic carbocycles. The molecule has 0 aliphatic heterocycles. The van der Waals surface area contributed by atoms with Crippen LogP contribution in [0.1, 0.15) is 41.9 Å². The van der Waals surface area contributed by atoms with E-state index >= 15 is 0 Å². The first-order valence-electron chi connectivity index (χ1n) is 11.7. The van der Waals surface area contributed by atoms with Crippen molar-refractivity contribution in [1.82, 2.24) is 14.4 Å². The van der Waals surface area contributed by atoms with Crippen LogP contribution in [0.5, 0.6) is 0 Å². The van der Waals surface area contributed by atoms with E-state index in [2.05, 4.69) is 16.0 Å². The SMILES string of the molecule is CC(C)[C@@H](N)CC(=O)Cc1ccc(-c2cnc3cnc(C(=O)N(C)c4ccc(C#N)cc4)cn23)cc1. The quantitative estimate of drug-likeness (QED) is 0.407. The molecule has 1 atom stereocenters. The number of nitriles is 1. The van der Waals surface area contributed by atoms with E-state index in [1.807, 2.05) is 42.5 Å². The van der Waals surface area contributed by atoms with Gasteiger partial charge in [0.25, 0.3) is 5.91 Å². The van der Waals surface area contributed by atoms with Gasteiger partial charge in [0.05, 0.1) is 29.7 Å². The number of rotatable bonds is 8. The number of carbonyl (C=O) groups is 2. The molecule has 4 rings (SSSR count). The number of Topliss-reactive ketones (excluding diaryl/α,β-unsaturated/α-hetero) is 1. The fourth-order valence-electron chi connectivity index (χ4n) is 3.85. The first-order chi connectivity index (χ1) is 17.3. The van der Waals surface area contributed by atoms with Crippen molar-refractivity contribution in [3.63, 3.8) is 0 Å². The minimum atomic E-state index is -0.283. The molecule has 0 spiro atoms. The summed E-state index contributed by atoms with van der Waals surface area (Å²) < 4.78 is 1.83. The van der Waals surface area contributed by atoms with Gasteiger partial charge in [0, 0.05) is 43.4 Å². The number of hydrogen-bond donors (Lipinski definition) is 1. The van der Waals surface area contributed by atoms with E-state index < -0.39 is 0 Å². The highest BCUT2D eigenvalue weighted by atomic mass is 16.2. The van der Waals surface area contributed by atoms with Gasteiger partial charge in [-0.2, -0.15) is 5.26 Å². The second-order valence-corrected chi connectivity index (χ2v) is 9.19. The third-order valence-electron chi connectivity index (χ3n) is 6.27. The molecule has 0 bridgehead atoms. The van der Waals surface area contributed by atoms with Gasteiger partial charge in [-0.15, -0.1) is 0 Å². The molecule has 1 amide bonds. The lowest BCUT2D eigenvalue weighted by Crippen LogP contribution is -2.29. The normalized spacial score (nSPS) is 11.9.